The van der Waals surface area contributed by atoms with E-state index < -0.39 is 0 Å². The topological polar surface area (TPSA) is 38.1 Å². The van der Waals surface area contributed by atoms with Crippen LogP contribution in [0.2, 0.25) is 5.02 Å². The molecule has 0 aliphatic rings. The van der Waals surface area contributed by atoms with E-state index in [1.807, 2.05) is 42.5 Å². The molecular weight excluding hydrogens is 352 g/mol. The molecule has 1 aromatic heterocycles. The fourth-order valence-electron chi connectivity index (χ4n) is 1.96. The molecule has 0 aliphatic carbocycles. The van der Waals surface area contributed by atoms with Gasteiger partial charge in [-0.15, -0.1) is 0 Å². The number of halogens is 2. The number of hydrogen-bond acceptors (Lipinski definition) is 3. The van der Waals surface area contributed by atoms with Crippen LogP contribution in [0.5, 0.6) is 0 Å². The van der Waals surface area contributed by atoms with Crippen molar-refractivity contribution in [3.63, 3.8) is 0 Å². The lowest BCUT2D eigenvalue weighted by molar-refractivity contribution is 0.572. The number of oxazole rings is 1. The van der Waals surface area contributed by atoms with Crippen LogP contribution in [0, 0.1) is 0 Å². The van der Waals surface area contributed by atoms with Gasteiger partial charge in [-0.1, -0.05) is 17.7 Å². The molecule has 21 heavy (non-hydrogen) atoms. The van der Waals surface area contributed by atoms with Gasteiger partial charge in [-0.2, -0.15) is 0 Å². The molecule has 0 amide bonds. The fraction of sp³-hybridized carbons (Fsp3) is 0.0625. The zero-order valence-electron chi connectivity index (χ0n) is 11.0. The lowest BCUT2D eigenvalue weighted by Gasteiger charge is -2.08. The standard InChI is InChI=1S/C16H12BrClN2O/c17-14-7-11(1-6-15(14)18)8-20-13-4-2-12(3-5-13)16-9-19-10-21-16/h1-7,9-10,20H,8H2. The van der Waals surface area contributed by atoms with Gasteiger partial charge in [0.2, 0.25) is 0 Å². The summed E-state index contributed by atoms with van der Waals surface area (Å²) in [5.41, 5.74) is 3.21. The van der Waals surface area contributed by atoms with E-state index in [0.717, 1.165) is 38.6 Å². The largest absolute Gasteiger partial charge is 0.444 e. The summed E-state index contributed by atoms with van der Waals surface area (Å²) < 4.78 is 6.17. The van der Waals surface area contributed by atoms with Crippen LogP contribution in [0.25, 0.3) is 11.3 Å². The molecule has 106 valence electrons. The van der Waals surface area contributed by atoms with Crippen LogP contribution in [-0.4, -0.2) is 4.98 Å². The van der Waals surface area contributed by atoms with E-state index in [1.165, 1.54) is 6.39 Å². The first-order chi connectivity index (χ1) is 10.2. The van der Waals surface area contributed by atoms with Crippen LogP contribution in [0.3, 0.4) is 0 Å². The Kier molecular flexibility index (Phi) is 4.27. The molecule has 0 aliphatic heterocycles. The molecule has 3 nitrogen and oxygen atoms in total. The Hall–Kier alpha value is -1.78. The number of benzene rings is 2. The van der Waals surface area contributed by atoms with E-state index in [1.54, 1.807) is 6.20 Å². The van der Waals surface area contributed by atoms with Gasteiger partial charge >= 0.3 is 0 Å². The van der Waals surface area contributed by atoms with Crippen molar-refractivity contribution in [2.45, 2.75) is 6.54 Å². The van der Waals surface area contributed by atoms with Crippen LogP contribution >= 0.6 is 27.5 Å². The molecular formula is C16H12BrClN2O. The average molecular weight is 364 g/mol. The molecule has 0 spiro atoms. The molecule has 0 saturated heterocycles. The van der Waals surface area contributed by atoms with Crippen LogP contribution < -0.4 is 5.32 Å². The number of hydrogen-bond donors (Lipinski definition) is 1. The SMILES string of the molecule is Clc1ccc(CNc2ccc(-c3cnco3)cc2)cc1Br. The van der Waals surface area contributed by atoms with E-state index in [4.69, 9.17) is 16.0 Å². The van der Waals surface area contributed by atoms with Crippen molar-refractivity contribution < 1.29 is 4.42 Å². The van der Waals surface area contributed by atoms with Crippen molar-refractivity contribution in [2.75, 3.05) is 5.32 Å². The van der Waals surface area contributed by atoms with Gasteiger partial charge in [-0.05, 0) is 57.9 Å². The van der Waals surface area contributed by atoms with Gasteiger partial charge in [0.05, 0.1) is 11.2 Å². The molecule has 0 atom stereocenters. The van der Waals surface area contributed by atoms with E-state index in [2.05, 4.69) is 26.2 Å². The highest BCUT2D eigenvalue weighted by atomic mass is 79.9. The van der Waals surface area contributed by atoms with Crippen molar-refractivity contribution in [1.82, 2.24) is 4.98 Å². The van der Waals surface area contributed by atoms with Gasteiger partial charge in [0.25, 0.3) is 0 Å². The summed E-state index contributed by atoms with van der Waals surface area (Å²) in [4.78, 5) is 3.91. The normalized spacial score (nSPS) is 10.6. The van der Waals surface area contributed by atoms with E-state index in [0.29, 0.717) is 0 Å². The van der Waals surface area contributed by atoms with E-state index in [-0.39, 0.29) is 0 Å². The second-order valence-corrected chi connectivity index (χ2v) is 5.81. The monoisotopic (exact) mass is 362 g/mol. The summed E-state index contributed by atoms with van der Waals surface area (Å²) in [6.07, 6.45) is 3.13. The van der Waals surface area contributed by atoms with Gasteiger partial charge in [0, 0.05) is 22.3 Å². The smallest absolute Gasteiger partial charge is 0.181 e. The summed E-state index contributed by atoms with van der Waals surface area (Å²) in [6, 6.07) is 13.9. The van der Waals surface area contributed by atoms with E-state index >= 15 is 0 Å². The summed E-state index contributed by atoms with van der Waals surface area (Å²) in [5.74, 6) is 0.767. The molecule has 5 heteroatoms. The lowest BCUT2D eigenvalue weighted by atomic mass is 10.1. The maximum absolute atomic E-state index is 5.98. The molecule has 2 aromatic carbocycles. The number of anilines is 1. The maximum Gasteiger partial charge on any atom is 0.181 e. The minimum absolute atomic E-state index is 0.718. The predicted octanol–water partition coefficient (Wildman–Crippen LogP) is 5.37. The third-order valence-corrected chi connectivity index (χ3v) is 4.30. The van der Waals surface area contributed by atoms with Gasteiger partial charge in [-0.25, -0.2) is 4.98 Å². The zero-order chi connectivity index (χ0) is 14.7. The highest BCUT2D eigenvalue weighted by molar-refractivity contribution is 9.10. The summed E-state index contributed by atoms with van der Waals surface area (Å²) in [7, 11) is 0. The molecule has 0 unspecified atom stereocenters. The van der Waals surface area contributed by atoms with Crippen LogP contribution in [0.4, 0.5) is 5.69 Å². The summed E-state index contributed by atoms with van der Waals surface area (Å²) in [5, 5.41) is 4.09. The van der Waals surface area contributed by atoms with Crippen molar-refractivity contribution in [1.29, 1.82) is 0 Å². The van der Waals surface area contributed by atoms with Crippen LogP contribution in [0.15, 0.2) is 63.9 Å². The highest BCUT2D eigenvalue weighted by Crippen LogP contribution is 2.24. The fourth-order valence-corrected chi connectivity index (χ4v) is 2.51. The molecule has 0 bridgehead atoms. The van der Waals surface area contributed by atoms with E-state index in [9.17, 15) is 0 Å². The summed E-state index contributed by atoms with van der Waals surface area (Å²) >= 11 is 9.41. The van der Waals surface area contributed by atoms with Crippen molar-refractivity contribution >= 4 is 33.2 Å². The minimum atomic E-state index is 0.718. The number of nitrogens with one attached hydrogen (secondary N) is 1. The zero-order valence-corrected chi connectivity index (χ0v) is 13.4. The Balaban J connectivity index is 1.66. The predicted molar refractivity (Wildman–Crippen MR) is 88.4 cm³/mol. The van der Waals surface area contributed by atoms with Gasteiger partial charge in [0.1, 0.15) is 0 Å². The Morgan fingerprint density at radius 2 is 1.95 bits per heavy atom. The second-order valence-electron chi connectivity index (χ2n) is 4.55. The first-order valence-electron chi connectivity index (χ1n) is 6.39. The average Bonchev–Trinajstić information content (AvgIpc) is 3.03. The molecule has 1 heterocycles. The highest BCUT2D eigenvalue weighted by Gasteiger charge is 2.02. The Labute approximate surface area is 136 Å². The van der Waals surface area contributed by atoms with Gasteiger partial charge in [-0.3, -0.25) is 0 Å². The first-order valence-corrected chi connectivity index (χ1v) is 7.56. The Morgan fingerprint density at radius 3 is 2.62 bits per heavy atom. The molecule has 0 radical (unpaired) electrons. The third-order valence-electron chi connectivity index (χ3n) is 3.08. The first kappa shape index (κ1) is 14.2. The Morgan fingerprint density at radius 1 is 1.14 bits per heavy atom. The van der Waals surface area contributed by atoms with Crippen molar-refractivity contribution in [2.24, 2.45) is 0 Å². The van der Waals surface area contributed by atoms with Gasteiger partial charge in [0.15, 0.2) is 12.2 Å². The molecule has 0 saturated carbocycles. The lowest BCUT2D eigenvalue weighted by Crippen LogP contribution is -1.99. The molecule has 3 rings (SSSR count). The number of aromatic nitrogens is 1. The minimum Gasteiger partial charge on any atom is -0.444 e. The van der Waals surface area contributed by atoms with Crippen molar-refractivity contribution in [3.8, 4) is 11.3 Å². The van der Waals surface area contributed by atoms with Crippen molar-refractivity contribution in [3.05, 3.63) is 70.1 Å². The van der Waals surface area contributed by atoms with Crippen LogP contribution in [0.1, 0.15) is 5.56 Å². The van der Waals surface area contributed by atoms with Crippen LogP contribution in [-0.2, 0) is 6.54 Å². The maximum atomic E-state index is 5.98. The third kappa shape index (κ3) is 3.46. The number of rotatable bonds is 4. The Bertz CT molecular complexity index is 727. The number of nitrogens with zero attached hydrogens (tertiary/aromatic N) is 1. The second kappa shape index (κ2) is 6.33. The van der Waals surface area contributed by atoms with Gasteiger partial charge < -0.3 is 9.73 Å². The molecule has 3 aromatic rings. The molecule has 1 N–H and O–H groups in total. The molecule has 0 fully saturated rings. The summed E-state index contributed by atoms with van der Waals surface area (Å²) in [6.45, 7) is 0.734. The quantitative estimate of drug-likeness (QED) is 0.677.